The highest BCUT2D eigenvalue weighted by Gasteiger charge is 2.28. The van der Waals surface area contributed by atoms with Gasteiger partial charge in [-0.05, 0) is 38.1 Å². The van der Waals surface area contributed by atoms with Gasteiger partial charge < -0.3 is 15.0 Å². The van der Waals surface area contributed by atoms with Crippen molar-refractivity contribution >= 4 is 50.6 Å². The van der Waals surface area contributed by atoms with Crippen LogP contribution in [0.1, 0.15) is 32.6 Å². The Morgan fingerprint density at radius 1 is 1.39 bits per heavy atom. The standard InChI is InChI=1S/C18H19N3O5S2/c1-3-26-18(23)16-12-8-9-20(2)10-13(12)28-17(16)19-14(22)6-4-11-5-7-15(27-11)21(24)25/h4-7H,3,8-10H2,1-2H3,(H,19,22). The SMILES string of the molecule is CCOC(=O)c1c(NC(=O)C=Cc2ccc([N+](=O)[O-])s2)sc2c1CCN(C)C2. The first-order valence-electron chi connectivity index (χ1n) is 8.62. The van der Waals surface area contributed by atoms with Crippen LogP contribution in [0.4, 0.5) is 10.0 Å². The molecule has 0 saturated carbocycles. The van der Waals surface area contributed by atoms with Gasteiger partial charge >= 0.3 is 11.0 Å². The summed E-state index contributed by atoms with van der Waals surface area (Å²) in [4.78, 5) is 38.9. The van der Waals surface area contributed by atoms with Crippen LogP contribution in [0.2, 0.25) is 0 Å². The Morgan fingerprint density at radius 2 is 2.18 bits per heavy atom. The van der Waals surface area contributed by atoms with Gasteiger partial charge in [-0.1, -0.05) is 11.3 Å². The molecule has 28 heavy (non-hydrogen) atoms. The van der Waals surface area contributed by atoms with Crippen LogP contribution in [-0.2, 0) is 22.5 Å². The van der Waals surface area contributed by atoms with Crippen molar-refractivity contribution in [2.75, 3.05) is 25.5 Å². The number of nitro groups is 1. The summed E-state index contributed by atoms with van der Waals surface area (Å²) < 4.78 is 5.18. The lowest BCUT2D eigenvalue weighted by Gasteiger charge is -2.22. The normalized spacial score (nSPS) is 14.1. The number of nitrogens with zero attached hydrogens (tertiary/aromatic N) is 2. The Balaban J connectivity index is 1.80. The van der Waals surface area contributed by atoms with Gasteiger partial charge in [-0.2, -0.15) is 0 Å². The van der Waals surface area contributed by atoms with Gasteiger partial charge in [0.05, 0.1) is 17.1 Å². The largest absolute Gasteiger partial charge is 0.462 e. The summed E-state index contributed by atoms with van der Waals surface area (Å²) in [6.07, 6.45) is 3.54. The predicted octanol–water partition coefficient (Wildman–Crippen LogP) is 3.53. The van der Waals surface area contributed by atoms with E-state index in [-0.39, 0.29) is 11.6 Å². The van der Waals surface area contributed by atoms with Gasteiger partial charge in [-0.25, -0.2) is 4.79 Å². The van der Waals surface area contributed by atoms with Gasteiger partial charge in [0, 0.05) is 35.0 Å². The zero-order valence-electron chi connectivity index (χ0n) is 15.4. The molecule has 2 aromatic rings. The number of anilines is 1. The average Bonchev–Trinajstić information content (AvgIpc) is 3.24. The average molecular weight is 422 g/mol. The summed E-state index contributed by atoms with van der Waals surface area (Å²) in [5.74, 6) is -0.841. The molecule has 2 aromatic heterocycles. The molecule has 1 N–H and O–H groups in total. The lowest BCUT2D eigenvalue weighted by atomic mass is 10.0. The highest BCUT2D eigenvalue weighted by molar-refractivity contribution is 7.17. The fourth-order valence-corrected chi connectivity index (χ4v) is 4.92. The molecule has 0 aliphatic carbocycles. The van der Waals surface area contributed by atoms with Gasteiger partial charge in [0.2, 0.25) is 5.91 Å². The summed E-state index contributed by atoms with van der Waals surface area (Å²) in [5.41, 5.74) is 1.37. The third-order valence-corrected chi connectivity index (χ3v) is 6.29. The Labute approximate surface area is 169 Å². The van der Waals surface area contributed by atoms with Gasteiger partial charge in [0.1, 0.15) is 5.00 Å². The molecule has 3 rings (SSSR count). The number of carbonyl (C=O) groups excluding carboxylic acids is 2. The third kappa shape index (κ3) is 4.46. The number of esters is 1. The van der Waals surface area contributed by atoms with E-state index in [1.165, 1.54) is 29.6 Å². The summed E-state index contributed by atoms with van der Waals surface area (Å²) in [6.45, 7) is 3.55. The molecule has 0 aromatic carbocycles. The van der Waals surface area contributed by atoms with Crippen LogP contribution in [0.3, 0.4) is 0 Å². The van der Waals surface area contributed by atoms with E-state index < -0.39 is 16.8 Å². The highest BCUT2D eigenvalue weighted by atomic mass is 32.1. The van der Waals surface area contributed by atoms with Crippen molar-refractivity contribution < 1.29 is 19.2 Å². The summed E-state index contributed by atoms with van der Waals surface area (Å²) >= 11 is 2.37. The Kier molecular flexibility index (Phi) is 6.22. The Morgan fingerprint density at radius 3 is 2.86 bits per heavy atom. The van der Waals surface area contributed by atoms with E-state index in [4.69, 9.17) is 4.74 Å². The lowest BCUT2D eigenvalue weighted by Crippen LogP contribution is -2.26. The maximum atomic E-state index is 12.4. The van der Waals surface area contributed by atoms with E-state index in [9.17, 15) is 19.7 Å². The van der Waals surface area contributed by atoms with Crippen molar-refractivity contribution in [2.45, 2.75) is 19.9 Å². The molecule has 1 aliphatic rings. The zero-order chi connectivity index (χ0) is 20.3. The summed E-state index contributed by atoms with van der Waals surface area (Å²) in [5, 5.41) is 14.0. The van der Waals surface area contributed by atoms with Crippen molar-refractivity contribution in [2.24, 2.45) is 0 Å². The molecule has 1 aliphatic heterocycles. The zero-order valence-corrected chi connectivity index (χ0v) is 17.0. The second-order valence-electron chi connectivity index (χ2n) is 6.17. The fraction of sp³-hybridized carbons (Fsp3) is 0.333. The van der Waals surface area contributed by atoms with Crippen LogP contribution >= 0.6 is 22.7 Å². The number of hydrogen-bond donors (Lipinski definition) is 1. The Bertz CT molecular complexity index is 947. The van der Waals surface area contributed by atoms with Gasteiger partial charge in [-0.3, -0.25) is 14.9 Å². The smallest absolute Gasteiger partial charge is 0.341 e. The van der Waals surface area contributed by atoms with Crippen molar-refractivity contribution in [3.8, 4) is 0 Å². The van der Waals surface area contributed by atoms with Crippen LogP contribution in [0, 0.1) is 10.1 Å². The van der Waals surface area contributed by atoms with Gasteiger partial charge in [0.25, 0.3) is 0 Å². The monoisotopic (exact) mass is 421 g/mol. The molecule has 0 radical (unpaired) electrons. The second kappa shape index (κ2) is 8.63. The number of nitrogens with one attached hydrogen (secondary N) is 1. The number of thiophene rings is 2. The molecule has 0 unspecified atom stereocenters. The van der Waals surface area contributed by atoms with Crippen molar-refractivity contribution in [1.29, 1.82) is 0 Å². The van der Waals surface area contributed by atoms with Crippen molar-refractivity contribution in [1.82, 2.24) is 4.90 Å². The molecule has 0 bridgehead atoms. The first kappa shape index (κ1) is 20.2. The van der Waals surface area contributed by atoms with Gasteiger partial charge in [0.15, 0.2) is 0 Å². The van der Waals surface area contributed by atoms with E-state index in [0.717, 1.165) is 41.3 Å². The number of rotatable bonds is 6. The summed E-state index contributed by atoms with van der Waals surface area (Å²) in [7, 11) is 2.01. The molecule has 0 atom stereocenters. The number of fused-ring (bicyclic) bond motifs is 1. The van der Waals surface area contributed by atoms with Crippen LogP contribution in [0.25, 0.3) is 6.08 Å². The second-order valence-corrected chi connectivity index (χ2v) is 8.37. The maximum Gasteiger partial charge on any atom is 0.341 e. The number of carbonyl (C=O) groups is 2. The minimum Gasteiger partial charge on any atom is -0.462 e. The van der Waals surface area contributed by atoms with E-state index in [1.807, 2.05) is 7.05 Å². The van der Waals surface area contributed by atoms with Gasteiger partial charge in [-0.15, -0.1) is 11.3 Å². The van der Waals surface area contributed by atoms with E-state index >= 15 is 0 Å². The predicted molar refractivity (Wildman–Crippen MR) is 109 cm³/mol. The quantitative estimate of drug-likeness (QED) is 0.331. The fourth-order valence-electron chi connectivity index (χ4n) is 2.88. The molecular formula is C18H19N3O5S2. The first-order valence-corrected chi connectivity index (χ1v) is 10.3. The third-order valence-electron chi connectivity index (χ3n) is 4.16. The van der Waals surface area contributed by atoms with E-state index in [1.54, 1.807) is 13.0 Å². The number of amides is 1. The van der Waals surface area contributed by atoms with Crippen molar-refractivity contribution in [3.63, 3.8) is 0 Å². The number of hydrogen-bond acceptors (Lipinski definition) is 8. The Hall–Kier alpha value is -2.56. The summed E-state index contributed by atoms with van der Waals surface area (Å²) in [6, 6.07) is 2.97. The van der Waals surface area contributed by atoms with Crippen LogP contribution < -0.4 is 5.32 Å². The van der Waals surface area contributed by atoms with Crippen LogP contribution in [0.5, 0.6) is 0 Å². The molecule has 0 spiro atoms. The maximum absolute atomic E-state index is 12.4. The van der Waals surface area contributed by atoms with Crippen molar-refractivity contribution in [3.05, 3.63) is 49.2 Å². The van der Waals surface area contributed by atoms with E-state index in [0.29, 0.717) is 15.4 Å². The number of ether oxygens (including phenoxy) is 1. The minimum atomic E-state index is -0.471. The minimum absolute atomic E-state index is 0.0136. The molecule has 1 amide bonds. The highest BCUT2D eigenvalue weighted by Crippen LogP contribution is 2.37. The molecule has 8 nitrogen and oxygen atoms in total. The lowest BCUT2D eigenvalue weighted by molar-refractivity contribution is -0.380. The van der Waals surface area contributed by atoms with Crippen LogP contribution in [0.15, 0.2) is 18.2 Å². The molecule has 3 heterocycles. The molecule has 10 heteroatoms. The van der Waals surface area contributed by atoms with E-state index in [2.05, 4.69) is 10.2 Å². The molecule has 148 valence electrons. The molecule has 0 fully saturated rings. The van der Waals surface area contributed by atoms with Crippen LogP contribution in [-0.4, -0.2) is 41.9 Å². The molecule has 0 saturated heterocycles. The number of likely N-dealkylation sites (N-methyl/N-ethyl adjacent to an activating group) is 1. The first-order chi connectivity index (χ1) is 13.4. The topological polar surface area (TPSA) is 102 Å². The molecular weight excluding hydrogens is 402 g/mol.